The second kappa shape index (κ2) is 59.8. The van der Waals surface area contributed by atoms with Gasteiger partial charge in [0.05, 0.1) is 26.4 Å². The number of aliphatic hydroxyl groups excluding tert-OH is 1. The number of esters is 4. The molecule has 0 radical (unpaired) electrons. The summed E-state index contributed by atoms with van der Waals surface area (Å²) in [5, 5.41) is 10.6. The predicted molar refractivity (Wildman–Crippen MR) is 358 cm³/mol. The quantitative estimate of drug-likeness (QED) is 0.0222. The zero-order chi connectivity index (χ0) is 66.1. The molecule has 0 rings (SSSR count). The normalized spacial score (nSPS) is 14.9. The number of phosphoric acid groups is 2. The standard InChI is InChI=1S/C70H136O17P2/c1-9-62(7)48-40-32-23-19-15-13-11-12-14-16-20-24-34-42-50-67(72)80-56-65(86-69(74)52-44-36-25-21-17-18-22-30-38-46-60(3)4)58-84-88(76,77)82-54-64(71)55-83-89(78,79)85-59-66(57-81-68(73)51-43-35-28-26-31-39-47-61(5)6)87-70(75)53-45-37-29-27-33-41-49-63(8)10-2/h60-66,71H,9-59H2,1-8H3,(H,76,77)(H,78,79)/t62?,63?,64-,65-,66-/m1/s1. The lowest BCUT2D eigenvalue weighted by molar-refractivity contribution is -0.161. The van der Waals surface area contributed by atoms with Gasteiger partial charge in [-0.2, -0.15) is 0 Å². The third-order valence-corrected chi connectivity index (χ3v) is 18.7. The molecule has 0 aromatic heterocycles. The average Bonchev–Trinajstić information content (AvgIpc) is 3.51. The van der Waals surface area contributed by atoms with Crippen LogP contribution in [0, 0.1) is 23.7 Å². The molecular weight excluding hydrogens is 1170 g/mol. The highest BCUT2D eigenvalue weighted by atomic mass is 31.2. The van der Waals surface area contributed by atoms with Gasteiger partial charge in [-0.1, -0.05) is 293 Å². The molecule has 0 aromatic carbocycles. The molecule has 0 fully saturated rings. The van der Waals surface area contributed by atoms with Gasteiger partial charge in [-0.15, -0.1) is 0 Å². The Bertz CT molecular complexity index is 1770. The summed E-state index contributed by atoms with van der Waals surface area (Å²) in [6.07, 6.45) is 41.9. The van der Waals surface area contributed by atoms with Crippen LogP contribution in [0.15, 0.2) is 0 Å². The second-order valence-electron chi connectivity index (χ2n) is 26.7. The molecule has 0 heterocycles. The highest BCUT2D eigenvalue weighted by Gasteiger charge is 2.30. The fraction of sp³-hybridized carbons (Fsp3) is 0.943. The molecule has 0 amide bonds. The predicted octanol–water partition coefficient (Wildman–Crippen LogP) is 19.7. The summed E-state index contributed by atoms with van der Waals surface area (Å²) in [6.45, 7) is 14.0. The number of rotatable bonds is 67. The van der Waals surface area contributed by atoms with E-state index in [1.807, 2.05) is 0 Å². The largest absolute Gasteiger partial charge is 0.472 e. The molecule has 0 saturated carbocycles. The summed E-state index contributed by atoms with van der Waals surface area (Å²) in [7, 11) is -9.90. The van der Waals surface area contributed by atoms with Crippen molar-refractivity contribution >= 4 is 39.5 Å². The highest BCUT2D eigenvalue weighted by Crippen LogP contribution is 2.45. The summed E-state index contributed by atoms with van der Waals surface area (Å²) in [5.41, 5.74) is 0. The van der Waals surface area contributed by atoms with Gasteiger partial charge < -0.3 is 33.8 Å². The smallest absolute Gasteiger partial charge is 0.462 e. The Balaban J connectivity index is 5.21. The lowest BCUT2D eigenvalue weighted by Crippen LogP contribution is -2.30. The molecule has 89 heavy (non-hydrogen) atoms. The number of ether oxygens (including phenoxy) is 4. The van der Waals surface area contributed by atoms with E-state index in [-0.39, 0.29) is 25.7 Å². The van der Waals surface area contributed by atoms with E-state index in [1.165, 1.54) is 141 Å². The minimum absolute atomic E-state index is 0.101. The number of hydrogen-bond donors (Lipinski definition) is 3. The lowest BCUT2D eigenvalue weighted by atomic mass is 9.99. The topological polar surface area (TPSA) is 237 Å². The number of phosphoric ester groups is 2. The van der Waals surface area contributed by atoms with Crippen molar-refractivity contribution < 1.29 is 80.2 Å². The number of hydrogen-bond acceptors (Lipinski definition) is 15. The second-order valence-corrected chi connectivity index (χ2v) is 29.6. The number of carbonyl (C=O) groups excluding carboxylic acids is 4. The van der Waals surface area contributed by atoms with Crippen molar-refractivity contribution in [3.63, 3.8) is 0 Å². The lowest BCUT2D eigenvalue weighted by Gasteiger charge is -2.21. The maximum absolute atomic E-state index is 13.0. The van der Waals surface area contributed by atoms with Crippen LogP contribution in [0.25, 0.3) is 0 Å². The van der Waals surface area contributed by atoms with Crippen molar-refractivity contribution in [3.05, 3.63) is 0 Å². The zero-order valence-corrected chi connectivity index (χ0v) is 59.8. The molecule has 0 spiro atoms. The van der Waals surface area contributed by atoms with Crippen molar-refractivity contribution in [2.24, 2.45) is 23.7 Å². The molecule has 0 aromatic rings. The molecule has 4 unspecified atom stereocenters. The molecule has 3 N–H and O–H groups in total. The van der Waals surface area contributed by atoms with Crippen LogP contribution in [0.4, 0.5) is 0 Å². The van der Waals surface area contributed by atoms with Gasteiger partial charge in [0.25, 0.3) is 0 Å². The van der Waals surface area contributed by atoms with E-state index < -0.39 is 97.5 Å². The first-order valence-electron chi connectivity index (χ1n) is 36.3. The van der Waals surface area contributed by atoms with Crippen LogP contribution in [0.3, 0.4) is 0 Å². The molecule has 0 aliphatic carbocycles. The summed E-state index contributed by atoms with van der Waals surface area (Å²) in [4.78, 5) is 72.5. The van der Waals surface area contributed by atoms with E-state index in [0.717, 1.165) is 114 Å². The van der Waals surface area contributed by atoms with Crippen LogP contribution in [0.2, 0.25) is 0 Å². The zero-order valence-electron chi connectivity index (χ0n) is 58.1. The Morgan fingerprint density at radius 1 is 0.315 bits per heavy atom. The first-order chi connectivity index (χ1) is 42.7. The van der Waals surface area contributed by atoms with Crippen LogP contribution >= 0.6 is 15.6 Å². The molecule has 19 heteroatoms. The average molecular weight is 1310 g/mol. The summed E-state index contributed by atoms with van der Waals surface area (Å²) in [5.74, 6) is 0.851. The first kappa shape index (κ1) is 87.1. The molecule has 0 saturated heterocycles. The van der Waals surface area contributed by atoms with E-state index >= 15 is 0 Å². The van der Waals surface area contributed by atoms with Crippen LogP contribution in [-0.4, -0.2) is 96.7 Å². The van der Waals surface area contributed by atoms with Gasteiger partial charge >= 0.3 is 39.5 Å². The van der Waals surface area contributed by atoms with Gasteiger partial charge in [0.1, 0.15) is 19.3 Å². The molecule has 528 valence electrons. The maximum atomic E-state index is 13.0. The van der Waals surface area contributed by atoms with Gasteiger partial charge in [0, 0.05) is 25.7 Å². The molecular formula is C70H136O17P2. The SMILES string of the molecule is CCC(C)CCCCCCCCCCCCCCCCC(=O)OC[C@H](COP(=O)(O)OC[C@@H](O)COP(=O)(O)OC[C@@H](COC(=O)CCCCCCCCC(C)C)OC(=O)CCCCCCCCC(C)CC)OC(=O)CCCCCCCCCCCC(C)C. The van der Waals surface area contributed by atoms with Gasteiger partial charge in [0.2, 0.25) is 0 Å². The van der Waals surface area contributed by atoms with Gasteiger partial charge in [0.15, 0.2) is 12.2 Å². The summed E-state index contributed by atoms with van der Waals surface area (Å²) < 4.78 is 68.2. The molecule has 0 aliphatic rings. The van der Waals surface area contributed by atoms with Gasteiger partial charge in [-0.25, -0.2) is 9.13 Å². The van der Waals surface area contributed by atoms with Gasteiger partial charge in [-0.3, -0.25) is 37.3 Å². The monoisotopic (exact) mass is 1310 g/mol. The Kier molecular flexibility index (Phi) is 58.5. The third kappa shape index (κ3) is 62.0. The van der Waals surface area contributed by atoms with Crippen molar-refractivity contribution in [1.29, 1.82) is 0 Å². The minimum atomic E-state index is -4.95. The van der Waals surface area contributed by atoms with E-state index in [4.69, 9.17) is 37.0 Å². The van der Waals surface area contributed by atoms with Crippen LogP contribution in [-0.2, 0) is 65.4 Å². The van der Waals surface area contributed by atoms with E-state index in [0.29, 0.717) is 31.6 Å². The summed E-state index contributed by atoms with van der Waals surface area (Å²) in [6, 6.07) is 0. The molecule has 17 nitrogen and oxygen atoms in total. The minimum Gasteiger partial charge on any atom is -0.462 e. The van der Waals surface area contributed by atoms with Crippen molar-refractivity contribution in [3.8, 4) is 0 Å². The van der Waals surface area contributed by atoms with Crippen molar-refractivity contribution in [2.45, 2.75) is 363 Å². The Morgan fingerprint density at radius 3 is 0.798 bits per heavy atom. The first-order valence-corrected chi connectivity index (χ1v) is 39.3. The van der Waals surface area contributed by atoms with E-state index in [9.17, 15) is 43.2 Å². The molecule has 0 bridgehead atoms. The van der Waals surface area contributed by atoms with Crippen molar-refractivity contribution in [2.75, 3.05) is 39.6 Å². The van der Waals surface area contributed by atoms with Crippen LogP contribution < -0.4 is 0 Å². The Hall–Kier alpha value is -1.94. The molecule has 0 aliphatic heterocycles. The van der Waals surface area contributed by atoms with E-state index in [2.05, 4.69) is 55.4 Å². The Morgan fingerprint density at radius 2 is 0.539 bits per heavy atom. The van der Waals surface area contributed by atoms with Crippen LogP contribution in [0.1, 0.15) is 344 Å². The molecule has 7 atom stereocenters. The number of carbonyl (C=O) groups is 4. The maximum Gasteiger partial charge on any atom is 0.472 e. The van der Waals surface area contributed by atoms with E-state index in [1.54, 1.807) is 0 Å². The van der Waals surface area contributed by atoms with Crippen LogP contribution in [0.5, 0.6) is 0 Å². The third-order valence-electron chi connectivity index (χ3n) is 16.8. The Labute approximate surface area is 543 Å². The van der Waals surface area contributed by atoms with Crippen molar-refractivity contribution in [1.82, 2.24) is 0 Å². The number of unbranched alkanes of at least 4 members (excludes halogenated alkanes) is 31. The summed E-state index contributed by atoms with van der Waals surface area (Å²) >= 11 is 0. The fourth-order valence-electron chi connectivity index (χ4n) is 10.4. The fourth-order valence-corrected chi connectivity index (χ4v) is 12.0. The van der Waals surface area contributed by atoms with Gasteiger partial charge in [-0.05, 0) is 49.4 Å². The number of aliphatic hydroxyl groups is 1. The highest BCUT2D eigenvalue weighted by molar-refractivity contribution is 7.47.